The highest BCUT2D eigenvalue weighted by Crippen LogP contribution is 2.35. The Morgan fingerprint density at radius 2 is 1.96 bits per heavy atom. The fourth-order valence-corrected chi connectivity index (χ4v) is 4.11. The van der Waals surface area contributed by atoms with E-state index in [-0.39, 0.29) is 29.8 Å². The lowest BCUT2D eigenvalue weighted by Crippen LogP contribution is -2.38. The number of hydrogen-bond acceptors (Lipinski definition) is 5. The molecule has 1 aliphatic carbocycles. The van der Waals surface area contributed by atoms with E-state index in [2.05, 4.69) is 25.8 Å². The smallest absolute Gasteiger partial charge is 0.332 e. The molecular formula is C19H28N4O4. The van der Waals surface area contributed by atoms with Crippen molar-refractivity contribution < 1.29 is 9.53 Å². The lowest BCUT2D eigenvalue weighted by molar-refractivity contribution is -0.156. The van der Waals surface area contributed by atoms with Crippen LogP contribution in [0.1, 0.15) is 40.0 Å². The molecule has 2 heterocycles. The summed E-state index contributed by atoms with van der Waals surface area (Å²) >= 11 is 0. The number of imidazole rings is 1. The van der Waals surface area contributed by atoms with Crippen LogP contribution in [0.5, 0.6) is 0 Å². The first-order chi connectivity index (χ1) is 12.7. The number of nitrogens with zero attached hydrogens (tertiary/aromatic N) is 4. The molecule has 1 fully saturated rings. The summed E-state index contributed by atoms with van der Waals surface area (Å²) in [6.45, 7) is 6.41. The van der Waals surface area contributed by atoms with Crippen molar-refractivity contribution in [3.63, 3.8) is 0 Å². The van der Waals surface area contributed by atoms with Crippen LogP contribution in [-0.4, -0.2) is 30.8 Å². The van der Waals surface area contributed by atoms with Gasteiger partial charge in [-0.05, 0) is 30.6 Å². The molecule has 2 aromatic heterocycles. The molecule has 2 aromatic rings. The predicted octanol–water partition coefficient (Wildman–Crippen LogP) is 1.44. The molecule has 27 heavy (non-hydrogen) atoms. The van der Waals surface area contributed by atoms with Crippen molar-refractivity contribution in [1.82, 2.24) is 18.7 Å². The van der Waals surface area contributed by atoms with Crippen LogP contribution in [0.3, 0.4) is 0 Å². The van der Waals surface area contributed by atoms with Gasteiger partial charge in [0.05, 0.1) is 6.33 Å². The van der Waals surface area contributed by atoms with E-state index in [0.29, 0.717) is 17.8 Å². The van der Waals surface area contributed by atoms with Gasteiger partial charge in [-0.3, -0.25) is 18.7 Å². The van der Waals surface area contributed by atoms with E-state index in [1.807, 2.05) is 0 Å². The Morgan fingerprint density at radius 1 is 1.26 bits per heavy atom. The summed E-state index contributed by atoms with van der Waals surface area (Å²) in [5.74, 6) is 0.966. The molecule has 0 spiro atoms. The van der Waals surface area contributed by atoms with Crippen molar-refractivity contribution in [2.75, 3.05) is 0 Å². The zero-order valence-corrected chi connectivity index (χ0v) is 16.6. The molecule has 0 saturated heterocycles. The van der Waals surface area contributed by atoms with Gasteiger partial charge in [0.2, 0.25) is 0 Å². The third-order valence-electron chi connectivity index (χ3n) is 5.76. The van der Waals surface area contributed by atoms with E-state index in [9.17, 15) is 14.4 Å². The van der Waals surface area contributed by atoms with Crippen LogP contribution in [0.2, 0.25) is 0 Å². The molecule has 1 aliphatic rings. The minimum Gasteiger partial charge on any atom is -0.461 e. The maximum Gasteiger partial charge on any atom is 0.332 e. The second-order valence-electron chi connectivity index (χ2n) is 8.10. The SMILES string of the molecule is CC(C)[C@H]1CC[C@H](C)C[C@H]1OC(=O)Cn1cnc2c1c(=O)n(C)c(=O)n2C. The molecule has 0 aliphatic heterocycles. The molecule has 0 unspecified atom stereocenters. The number of carbonyl (C=O) groups excluding carboxylic acids is 1. The number of esters is 1. The summed E-state index contributed by atoms with van der Waals surface area (Å²) in [6.07, 6.45) is 4.41. The summed E-state index contributed by atoms with van der Waals surface area (Å²) in [4.78, 5) is 41.2. The molecule has 0 N–H and O–H groups in total. The van der Waals surface area contributed by atoms with Gasteiger partial charge in [-0.2, -0.15) is 0 Å². The van der Waals surface area contributed by atoms with Gasteiger partial charge < -0.3 is 9.30 Å². The fourth-order valence-electron chi connectivity index (χ4n) is 4.11. The molecule has 0 radical (unpaired) electrons. The van der Waals surface area contributed by atoms with Crippen molar-refractivity contribution >= 4 is 17.1 Å². The number of rotatable bonds is 4. The van der Waals surface area contributed by atoms with Crippen molar-refractivity contribution in [1.29, 1.82) is 0 Å². The highest BCUT2D eigenvalue weighted by atomic mass is 16.5. The van der Waals surface area contributed by atoms with Crippen molar-refractivity contribution in [2.45, 2.75) is 52.7 Å². The molecule has 3 atom stereocenters. The number of aryl methyl sites for hydroxylation is 1. The molecular weight excluding hydrogens is 348 g/mol. The minimum atomic E-state index is -0.468. The molecule has 3 rings (SSSR count). The summed E-state index contributed by atoms with van der Waals surface area (Å²) in [7, 11) is 2.97. The second-order valence-corrected chi connectivity index (χ2v) is 8.10. The van der Waals surface area contributed by atoms with Crippen LogP contribution < -0.4 is 11.2 Å². The Kier molecular flexibility index (Phi) is 5.26. The minimum absolute atomic E-state index is 0.0942. The molecule has 0 aromatic carbocycles. The van der Waals surface area contributed by atoms with Crippen LogP contribution in [0.25, 0.3) is 11.2 Å². The Bertz CT molecular complexity index is 968. The van der Waals surface area contributed by atoms with E-state index in [0.717, 1.165) is 23.8 Å². The van der Waals surface area contributed by atoms with E-state index in [4.69, 9.17) is 4.74 Å². The first-order valence-corrected chi connectivity index (χ1v) is 9.51. The van der Waals surface area contributed by atoms with Gasteiger partial charge in [-0.25, -0.2) is 9.78 Å². The van der Waals surface area contributed by atoms with Gasteiger partial charge in [0.15, 0.2) is 11.2 Å². The van der Waals surface area contributed by atoms with Gasteiger partial charge in [0.25, 0.3) is 5.56 Å². The fraction of sp³-hybridized carbons (Fsp3) is 0.684. The summed E-state index contributed by atoms with van der Waals surface area (Å²) < 4.78 is 9.60. The van der Waals surface area contributed by atoms with E-state index in [1.54, 1.807) is 7.05 Å². The van der Waals surface area contributed by atoms with Gasteiger partial charge in [0, 0.05) is 14.1 Å². The summed E-state index contributed by atoms with van der Waals surface area (Å²) in [6, 6.07) is 0. The Labute approximate surface area is 157 Å². The summed E-state index contributed by atoms with van der Waals surface area (Å²) in [5, 5.41) is 0. The number of ether oxygens (including phenoxy) is 1. The van der Waals surface area contributed by atoms with Crippen molar-refractivity contribution in [3.05, 3.63) is 27.2 Å². The lowest BCUT2D eigenvalue weighted by Gasteiger charge is -2.36. The normalized spacial score (nSPS) is 23.1. The number of aromatic nitrogens is 4. The van der Waals surface area contributed by atoms with Crippen LogP contribution in [0, 0.1) is 17.8 Å². The molecule has 148 valence electrons. The molecule has 8 nitrogen and oxygen atoms in total. The number of hydrogen-bond donors (Lipinski definition) is 0. The second kappa shape index (κ2) is 7.32. The Hall–Kier alpha value is -2.38. The molecule has 0 amide bonds. The van der Waals surface area contributed by atoms with Crippen molar-refractivity contribution in [3.8, 4) is 0 Å². The van der Waals surface area contributed by atoms with Crippen LogP contribution in [0.15, 0.2) is 15.9 Å². The molecule has 8 heteroatoms. The third kappa shape index (κ3) is 3.57. The first-order valence-electron chi connectivity index (χ1n) is 9.51. The lowest BCUT2D eigenvalue weighted by atomic mass is 9.75. The van der Waals surface area contributed by atoms with Crippen LogP contribution in [-0.2, 0) is 30.2 Å². The van der Waals surface area contributed by atoms with Gasteiger partial charge in [-0.1, -0.05) is 27.2 Å². The predicted molar refractivity (Wildman–Crippen MR) is 101 cm³/mol. The zero-order chi connectivity index (χ0) is 19.9. The number of carbonyl (C=O) groups is 1. The largest absolute Gasteiger partial charge is 0.461 e. The highest BCUT2D eigenvalue weighted by Gasteiger charge is 2.33. The zero-order valence-electron chi connectivity index (χ0n) is 16.6. The topological polar surface area (TPSA) is 88.1 Å². The van der Waals surface area contributed by atoms with E-state index in [1.165, 1.54) is 22.5 Å². The monoisotopic (exact) mass is 376 g/mol. The third-order valence-corrected chi connectivity index (χ3v) is 5.76. The van der Waals surface area contributed by atoms with Crippen LogP contribution in [0.4, 0.5) is 0 Å². The maximum absolute atomic E-state index is 12.6. The van der Waals surface area contributed by atoms with Gasteiger partial charge >= 0.3 is 11.7 Å². The Balaban J connectivity index is 1.84. The van der Waals surface area contributed by atoms with E-state index < -0.39 is 11.2 Å². The van der Waals surface area contributed by atoms with E-state index >= 15 is 0 Å². The quantitative estimate of drug-likeness (QED) is 0.754. The van der Waals surface area contributed by atoms with Gasteiger partial charge in [0.1, 0.15) is 12.6 Å². The average Bonchev–Trinajstić information content (AvgIpc) is 3.01. The van der Waals surface area contributed by atoms with Gasteiger partial charge in [-0.15, -0.1) is 0 Å². The molecule has 0 bridgehead atoms. The Morgan fingerprint density at radius 3 is 2.63 bits per heavy atom. The summed E-state index contributed by atoms with van der Waals surface area (Å²) in [5.41, 5.74) is -0.419. The standard InChI is InChI=1S/C19H28N4O4/c1-11(2)13-7-6-12(3)8-14(13)27-15(24)9-23-10-20-17-16(23)18(25)22(5)19(26)21(17)4/h10-14H,6-9H2,1-5H3/t12-,13+,14+/m0/s1. The van der Waals surface area contributed by atoms with Crippen molar-refractivity contribution in [2.24, 2.45) is 31.8 Å². The average molecular weight is 376 g/mol. The first kappa shape index (κ1) is 19.4. The molecule has 1 saturated carbocycles. The number of fused-ring (bicyclic) bond motifs is 1. The van der Waals surface area contributed by atoms with Crippen LogP contribution >= 0.6 is 0 Å². The highest BCUT2D eigenvalue weighted by molar-refractivity contribution is 5.75. The maximum atomic E-state index is 12.6.